The Hall–Kier alpha value is -3.65. The summed E-state index contributed by atoms with van der Waals surface area (Å²) in [6, 6.07) is -5.64. The van der Waals surface area contributed by atoms with Gasteiger partial charge in [0.2, 0.25) is 23.5 Å². The van der Waals surface area contributed by atoms with Crippen molar-refractivity contribution >= 4 is 35.4 Å². The number of halogens is 3. The number of rotatable bonds is 12. The van der Waals surface area contributed by atoms with Crippen LogP contribution in [-0.4, -0.2) is 102 Å². The van der Waals surface area contributed by atoms with Gasteiger partial charge in [0.15, 0.2) is 0 Å². The number of hydrogen-bond acceptors (Lipinski definition) is 6. The van der Waals surface area contributed by atoms with Gasteiger partial charge >= 0.3 is 12.2 Å². The molecule has 4 N–H and O–H groups in total. The number of carbonyl (C=O) groups is 6. The van der Waals surface area contributed by atoms with Crippen molar-refractivity contribution in [1.29, 1.82) is 0 Å². The van der Waals surface area contributed by atoms with Gasteiger partial charge in [0.1, 0.15) is 18.1 Å². The number of carbonyl (C=O) groups excluding carboxylic acids is 6. The van der Waals surface area contributed by atoms with Gasteiger partial charge in [0.05, 0.1) is 6.04 Å². The molecule has 12 nitrogen and oxygen atoms in total. The largest absolute Gasteiger partial charge is 0.389 e. The Morgan fingerprint density at radius 3 is 1.94 bits per heavy atom. The van der Waals surface area contributed by atoms with Crippen LogP contribution in [0.15, 0.2) is 12.7 Å². The summed E-state index contributed by atoms with van der Waals surface area (Å²) in [5.74, 6) is -4.37. The lowest BCUT2D eigenvalue weighted by Gasteiger charge is -2.38. The zero-order valence-electron chi connectivity index (χ0n) is 28.1. The molecule has 0 aromatic rings. The summed E-state index contributed by atoms with van der Waals surface area (Å²) in [5, 5.41) is 10.0. The minimum absolute atomic E-state index is 0.0345. The SMILES string of the molecule is C=CCNC(=O)C(=O)C(CCC(F)(F)F)NC(=O)[C@@H]1[C@H]2C[C@H]2CN1C(=O)[C@@H](NC(=O)N[C@H](C(=O)N1CCCC1)C(C)(C)C)C(C)(C)C. The van der Waals surface area contributed by atoms with Gasteiger partial charge in [-0.2, -0.15) is 13.2 Å². The lowest BCUT2D eigenvalue weighted by Crippen LogP contribution is -2.63. The Bertz CT molecular complexity index is 1240. The minimum atomic E-state index is -4.64. The second-order valence-corrected chi connectivity index (χ2v) is 14.9. The monoisotopic (exact) mass is 670 g/mol. The highest BCUT2D eigenvalue weighted by Gasteiger charge is 2.58. The van der Waals surface area contributed by atoms with E-state index in [0.717, 1.165) is 12.8 Å². The maximum absolute atomic E-state index is 14.1. The van der Waals surface area contributed by atoms with E-state index in [1.165, 1.54) is 11.0 Å². The summed E-state index contributed by atoms with van der Waals surface area (Å²) >= 11 is 0. The van der Waals surface area contributed by atoms with Crippen LogP contribution < -0.4 is 21.3 Å². The van der Waals surface area contributed by atoms with Crippen LogP contribution in [0, 0.1) is 22.7 Å². The molecule has 2 aliphatic heterocycles. The summed E-state index contributed by atoms with van der Waals surface area (Å²) in [5.41, 5.74) is -1.49. The summed E-state index contributed by atoms with van der Waals surface area (Å²) < 4.78 is 39.2. The summed E-state index contributed by atoms with van der Waals surface area (Å²) in [6.07, 6.45) is -3.28. The number of likely N-dealkylation sites (tertiary alicyclic amines) is 2. The molecule has 2 heterocycles. The number of Topliss-reactive ketones (excluding diaryl/α,β-unsaturated/α-hetero) is 1. The fourth-order valence-corrected chi connectivity index (χ4v) is 6.16. The first-order valence-corrected chi connectivity index (χ1v) is 16.1. The zero-order valence-corrected chi connectivity index (χ0v) is 28.1. The summed E-state index contributed by atoms with van der Waals surface area (Å²) in [6.45, 7) is 15.4. The molecule has 1 unspecified atom stereocenters. The van der Waals surface area contributed by atoms with Crippen LogP contribution in [0.3, 0.4) is 0 Å². The molecule has 264 valence electrons. The van der Waals surface area contributed by atoms with E-state index in [9.17, 15) is 41.9 Å². The molecule has 3 aliphatic rings. The average molecular weight is 671 g/mol. The van der Waals surface area contributed by atoms with Crippen molar-refractivity contribution in [1.82, 2.24) is 31.1 Å². The topological polar surface area (TPSA) is 157 Å². The third kappa shape index (κ3) is 9.92. The number of piperidine rings is 1. The number of nitrogens with one attached hydrogen (secondary N) is 4. The average Bonchev–Trinajstić information content (AvgIpc) is 3.33. The van der Waals surface area contributed by atoms with Gasteiger partial charge in [0, 0.05) is 32.6 Å². The molecule has 0 bridgehead atoms. The number of fused-ring (bicyclic) bond motifs is 1. The standard InChI is InChI=1S/C32H49F3N6O6/c1-8-13-36-26(44)22(42)20(11-12-32(33,34)35)37-25(43)21-19-16-18(19)17-41(21)28(46)24(31(5,6)7)39-29(47)38-23(30(2,3)4)27(45)40-14-9-10-15-40/h8,18-21,23-24H,1,9-17H2,2-7H3,(H,36,44)(H,37,43)(H2,38,39,47)/t18-,19-,20?,21-,23+,24+/m0/s1. The first-order chi connectivity index (χ1) is 21.7. The van der Waals surface area contributed by atoms with E-state index in [-0.39, 0.29) is 30.8 Å². The Labute approximate surface area is 274 Å². The lowest BCUT2D eigenvalue weighted by atomic mass is 9.85. The van der Waals surface area contributed by atoms with Crippen LogP contribution in [0.4, 0.5) is 18.0 Å². The van der Waals surface area contributed by atoms with Gasteiger partial charge in [-0.3, -0.25) is 24.0 Å². The molecule has 0 radical (unpaired) electrons. The lowest BCUT2D eigenvalue weighted by molar-refractivity contribution is -0.147. The number of nitrogens with zero attached hydrogens (tertiary/aromatic N) is 2. The molecule has 3 fully saturated rings. The normalized spacial score (nSPS) is 22.8. The Balaban J connectivity index is 1.79. The first-order valence-electron chi connectivity index (χ1n) is 16.1. The van der Waals surface area contributed by atoms with E-state index in [1.54, 1.807) is 25.7 Å². The maximum atomic E-state index is 14.1. The van der Waals surface area contributed by atoms with Crippen LogP contribution in [-0.2, 0) is 24.0 Å². The second kappa shape index (κ2) is 14.6. The molecule has 47 heavy (non-hydrogen) atoms. The van der Waals surface area contributed by atoms with Gasteiger partial charge in [-0.05, 0) is 48.3 Å². The van der Waals surface area contributed by atoms with E-state index in [1.807, 2.05) is 20.8 Å². The van der Waals surface area contributed by atoms with Gasteiger partial charge in [-0.15, -0.1) is 6.58 Å². The summed E-state index contributed by atoms with van der Waals surface area (Å²) in [4.78, 5) is 82.4. The molecule has 6 amide bonds. The van der Waals surface area contributed by atoms with E-state index in [4.69, 9.17) is 0 Å². The van der Waals surface area contributed by atoms with E-state index >= 15 is 0 Å². The summed E-state index contributed by atoms with van der Waals surface area (Å²) in [7, 11) is 0. The highest BCUT2D eigenvalue weighted by Crippen LogP contribution is 2.50. The van der Waals surface area contributed by atoms with Gasteiger partial charge in [-0.1, -0.05) is 47.6 Å². The molecule has 0 spiro atoms. The molecule has 2 saturated heterocycles. The Kier molecular flexibility index (Phi) is 11.8. The quantitative estimate of drug-likeness (QED) is 0.184. The smallest absolute Gasteiger partial charge is 0.346 e. The molecule has 1 saturated carbocycles. The maximum Gasteiger partial charge on any atom is 0.389 e. The molecular formula is C32H49F3N6O6. The van der Waals surface area contributed by atoms with Crippen molar-refractivity contribution in [3.63, 3.8) is 0 Å². The van der Waals surface area contributed by atoms with Gasteiger partial charge in [-0.25, -0.2) is 4.79 Å². The number of alkyl halides is 3. The first kappa shape index (κ1) is 37.8. The molecule has 0 aromatic heterocycles. The van der Waals surface area contributed by atoms with Gasteiger partial charge < -0.3 is 31.1 Å². The van der Waals surface area contributed by atoms with Crippen molar-refractivity contribution in [3.8, 4) is 0 Å². The van der Waals surface area contributed by atoms with Crippen molar-refractivity contribution in [2.24, 2.45) is 22.7 Å². The van der Waals surface area contributed by atoms with Crippen LogP contribution in [0.1, 0.15) is 73.6 Å². The van der Waals surface area contributed by atoms with Crippen LogP contribution >= 0.6 is 0 Å². The highest BCUT2D eigenvalue weighted by atomic mass is 19.4. The molecular weight excluding hydrogens is 621 g/mol. The molecule has 15 heteroatoms. The number of hydrogen-bond donors (Lipinski definition) is 4. The Morgan fingerprint density at radius 2 is 1.43 bits per heavy atom. The third-order valence-electron chi connectivity index (χ3n) is 8.88. The molecule has 3 rings (SSSR count). The van der Waals surface area contributed by atoms with E-state index in [2.05, 4.69) is 27.8 Å². The van der Waals surface area contributed by atoms with Crippen molar-refractivity contribution in [2.45, 2.75) is 104 Å². The third-order valence-corrected chi connectivity index (χ3v) is 8.88. The molecule has 0 aromatic carbocycles. The van der Waals surface area contributed by atoms with Crippen molar-refractivity contribution < 1.29 is 41.9 Å². The van der Waals surface area contributed by atoms with Gasteiger partial charge in [0.25, 0.3) is 5.91 Å². The predicted molar refractivity (Wildman–Crippen MR) is 166 cm³/mol. The van der Waals surface area contributed by atoms with E-state index in [0.29, 0.717) is 19.5 Å². The second-order valence-electron chi connectivity index (χ2n) is 14.9. The van der Waals surface area contributed by atoms with Crippen LogP contribution in [0.25, 0.3) is 0 Å². The molecule has 6 atom stereocenters. The number of amides is 6. The van der Waals surface area contributed by atoms with Crippen LogP contribution in [0.2, 0.25) is 0 Å². The highest BCUT2D eigenvalue weighted by molar-refractivity contribution is 6.38. The van der Waals surface area contributed by atoms with Crippen molar-refractivity contribution in [2.75, 3.05) is 26.2 Å². The minimum Gasteiger partial charge on any atom is -0.346 e. The van der Waals surface area contributed by atoms with E-state index < -0.39 is 83.6 Å². The Morgan fingerprint density at radius 1 is 0.872 bits per heavy atom. The fraction of sp³-hybridized carbons (Fsp3) is 0.750. The van der Waals surface area contributed by atoms with Crippen LogP contribution in [0.5, 0.6) is 0 Å². The fourth-order valence-electron chi connectivity index (χ4n) is 6.16. The zero-order chi connectivity index (χ0) is 35.5. The number of ketones is 1. The van der Waals surface area contributed by atoms with Crippen molar-refractivity contribution in [3.05, 3.63) is 12.7 Å². The predicted octanol–water partition coefficient (Wildman–Crippen LogP) is 2.28. The molecule has 1 aliphatic carbocycles. The number of urea groups is 1.